The highest BCUT2D eigenvalue weighted by Gasteiger charge is 2.44. The first-order valence-electron chi connectivity index (χ1n) is 9.80. The number of benzene rings is 1. The quantitative estimate of drug-likeness (QED) is 0.801. The summed E-state index contributed by atoms with van der Waals surface area (Å²) in [6.07, 6.45) is 1.31. The molecule has 0 aromatic heterocycles. The van der Waals surface area contributed by atoms with E-state index in [1.54, 1.807) is 12.1 Å². The number of ether oxygens (including phenoxy) is 2. The average molecular weight is 429 g/mol. The molecule has 1 aromatic rings. The second kappa shape index (κ2) is 8.36. The van der Waals surface area contributed by atoms with Gasteiger partial charge in [-0.15, -0.1) is 0 Å². The molecule has 3 fully saturated rings. The molecule has 8 heteroatoms. The van der Waals surface area contributed by atoms with Crippen LogP contribution in [0.3, 0.4) is 0 Å². The van der Waals surface area contributed by atoms with Gasteiger partial charge >= 0.3 is 0 Å². The lowest BCUT2D eigenvalue weighted by Gasteiger charge is -2.43. The van der Waals surface area contributed by atoms with E-state index in [0.29, 0.717) is 46.3 Å². The Bertz CT molecular complexity index is 718. The van der Waals surface area contributed by atoms with Crippen LogP contribution in [0.1, 0.15) is 23.2 Å². The summed E-state index contributed by atoms with van der Waals surface area (Å²) in [5.41, 5.74) is 0.472. The van der Waals surface area contributed by atoms with Gasteiger partial charge in [0.25, 0.3) is 5.91 Å². The van der Waals surface area contributed by atoms with Gasteiger partial charge in [0.05, 0.1) is 36.5 Å². The summed E-state index contributed by atoms with van der Waals surface area (Å²) in [6, 6.07) is 3.38. The van der Waals surface area contributed by atoms with Crippen molar-refractivity contribution in [1.82, 2.24) is 9.80 Å². The van der Waals surface area contributed by atoms with Gasteiger partial charge in [0, 0.05) is 37.8 Å². The van der Waals surface area contributed by atoms with E-state index in [9.17, 15) is 9.90 Å². The van der Waals surface area contributed by atoms with E-state index in [-0.39, 0.29) is 18.1 Å². The van der Waals surface area contributed by atoms with Crippen LogP contribution in [0.15, 0.2) is 12.1 Å². The highest BCUT2D eigenvalue weighted by molar-refractivity contribution is 6.37. The number of carbonyl (C=O) groups excluding carboxylic acids is 1. The highest BCUT2D eigenvalue weighted by atomic mass is 35.5. The molecule has 2 aliphatic heterocycles. The smallest absolute Gasteiger partial charge is 0.253 e. The molecule has 0 radical (unpaired) electrons. The average Bonchev–Trinajstić information content (AvgIpc) is 3.10. The maximum absolute atomic E-state index is 13.0. The lowest BCUT2D eigenvalue weighted by molar-refractivity contribution is -0.0520. The largest absolute Gasteiger partial charge is 0.494 e. The predicted molar refractivity (Wildman–Crippen MR) is 107 cm³/mol. The summed E-state index contributed by atoms with van der Waals surface area (Å²) in [7, 11) is 1.50. The predicted octanol–water partition coefficient (Wildman–Crippen LogP) is 2.55. The Morgan fingerprint density at radius 3 is 2.36 bits per heavy atom. The lowest BCUT2D eigenvalue weighted by atomic mass is 9.77. The number of nitrogens with zero attached hydrogens (tertiary/aromatic N) is 2. The lowest BCUT2D eigenvalue weighted by Crippen LogP contribution is -2.53. The maximum Gasteiger partial charge on any atom is 0.253 e. The minimum atomic E-state index is -0.348. The van der Waals surface area contributed by atoms with Gasteiger partial charge in [-0.3, -0.25) is 9.69 Å². The van der Waals surface area contributed by atoms with Gasteiger partial charge in [0.2, 0.25) is 0 Å². The van der Waals surface area contributed by atoms with Gasteiger partial charge < -0.3 is 19.5 Å². The van der Waals surface area contributed by atoms with Crippen LogP contribution in [0, 0.1) is 11.8 Å². The summed E-state index contributed by atoms with van der Waals surface area (Å²) < 4.78 is 10.6. The SMILES string of the molecule is COc1c(Cl)cc(C(=O)N2C[C@H]3C[C@@H](N4CCOCC4)[C@H](O)C[C@H]3C2)cc1Cl. The van der Waals surface area contributed by atoms with E-state index in [1.165, 1.54) is 7.11 Å². The Labute approximate surface area is 175 Å². The Hall–Kier alpha value is -1.05. The molecule has 3 aliphatic rings. The molecule has 0 unspecified atom stereocenters. The van der Waals surface area contributed by atoms with Crippen LogP contribution >= 0.6 is 23.2 Å². The van der Waals surface area contributed by atoms with E-state index >= 15 is 0 Å². The number of halogens is 2. The Morgan fingerprint density at radius 2 is 1.75 bits per heavy atom. The zero-order chi connectivity index (χ0) is 19.8. The van der Waals surface area contributed by atoms with E-state index in [1.807, 2.05) is 4.90 Å². The molecule has 1 amide bonds. The Morgan fingerprint density at radius 1 is 1.14 bits per heavy atom. The van der Waals surface area contributed by atoms with Crippen molar-refractivity contribution < 1.29 is 19.4 Å². The minimum absolute atomic E-state index is 0.0711. The molecule has 4 rings (SSSR count). The molecule has 154 valence electrons. The normalized spacial score (nSPS) is 30.9. The number of amides is 1. The van der Waals surface area contributed by atoms with Crippen LogP contribution in [0.2, 0.25) is 10.0 Å². The molecule has 4 atom stereocenters. The first kappa shape index (κ1) is 20.2. The van der Waals surface area contributed by atoms with Crippen molar-refractivity contribution in [3.8, 4) is 5.75 Å². The van der Waals surface area contributed by atoms with Crippen molar-refractivity contribution >= 4 is 29.1 Å². The molecule has 2 heterocycles. The number of aliphatic hydroxyl groups is 1. The van der Waals surface area contributed by atoms with Crippen molar-refractivity contribution in [3.05, 3.63) is 27.7 Å². The van der Waals surface area contributed by atoms with Gasteiger partial charge in [-0.25, -0.2) is 0 Å². The summed E-state index contributed by atoms with van der Waals surface area (Å²) >= 11 is 12.4. The monoisotopic (exact) mass is 428 g/mol. The summed E-state index contributed by atoms with van der Waals surface area (Å²) in [6.45, 7) is 4.55. The first-order valence-corrected chi connectivity index (χ1v) is 10.6. The highest BCUT2D eigenvalue weighted by Crippen LogP contribution is 2.40. The fraction of sp³-hybridized carbons (Fsp3) is 0.650. The molecule has 0 bridgehead atoms. The Kier molecular flexibility index (Phi) is 6.04. The molecule has 1 N–H and O–H groups in total. The number of methoxy groups -OCH3 is 1. The zero-order valence-corrected chi connectivity index (χ0v) is 17.5. The summed E-state index contributed by atoms with van der Waals surface area (Å²) in [5, 5.41) is 11.4. The van der Waals surface area contributed by atoms with Gasteiger partial charge in [-0.2, -0.15) is 0 Å². The van der Waals surface area contributed by atoms with Crippen LogP contribution in [0.5, 0.6) is 5.75 Å². The number of morpholine rings is 1. The van der Waals surface area contributed by atoms with Crippen LogP contribution in [-0.2, 0) is 4.74 Å². The molecular weight excluding hydrogens is 403 g/mol. The summed E-state index contributed by atoms with van der Waals surface area (Å²) in [5.74, 6) is 1.05. The fourth-order valence-corrected chi connectivity index (χ4v) is 5.58. The van der Waals surface area contributed by atoms with E-state index in [4.69, 9.17) is 32.7 Å². The van der Waals surface area contributed by atoms with Crippen molar-refractivity contribution in [1.29, 1.82) is 0 Å². The number of likely N-dealkylation sites (tertiary alicyclic amines) is 1. The van der Waals surface area contributed by atoms with Crippen molar-refractivity contribution in [3.63, 3.8) is 0 Å². The van der Waals surface area contributed by atoms with Crippen LogP contribution in [0.4, 0.5) is 0 Å². The van der Waals surface area contributed by atoms with E-state index in [0.717, 1.165) is 39.1 Å². The third-order valence-corrected chi connectivity index (χ3v) is 6.92. The number of carbonyl (C=O) groups is 1. The Balaban J connectivity index is 1.45. The van der Waals surface area contributed by atoms with Crippen LogP contribution in [-0.4, -0.2) is 79.5 Å². The van der Waals surface area contributed by atoms with Crippen molar-refractivity contribution in [2.75, 3.05) is 46.5 Å². The van der Waals surface area contributed by atoms with Crippen LogP contribution < -0.4 is 4.74 Å². The maximum atomic E-state index is 13.0. The molecule has 0 spiro atoms. The van der Waals surface area contributed by atoms with Crippen molar-refractivity contribution in [2.45, 2.75) is 25.0 Å². The molecule has 28 heavy (non-hydrogen) atoms. The number of hydrogen-bond acceptors (Lipinski definition) is 5. The van der Waals surface area contributed by atoms with Gasteiger partial charge in [-0.05, 0) is 36.8 Å². The molecule has 6 nitrogen and oxygen atoms in total. The second-order valence-corrected chi connectivity index (χ2v) is 8.77. The van der Waals surface area contributed by atoms with E-state index in [2.05, 4.69) is 4.90 Å². The number of aliphatic hydroxyl groups excluding tert-OH is 1. The molecule has 1 saturated carbocycles. The number of rotatable bonds is 3. The van der Waals surface area contributed by atoms with Crippen LogP contribution in [0.25, 0.3) is 0 Å². The third-order valence-electron chi connectivity index (χ3n) is 6.36. The number of hydrogen-bond donors (Lipinski definition) is 1. The zero-order valence-electron chi connectivity index (χ0n) is 15.9. The van der Waals surface area contributed by atoms with Gasteiger partial charge in [0.15, 0.2) is 5.75 Å². The van der Waals surface area contributed by atoms with E-state index < -0.39 is 0 Å². The van der Waals surface area contributed by atoms with Gasteiger partial charge in [-0.1, -0.05) is 23.2 Å². The molecule has 2 saturated heterocycles. The van der Waals surface area contributed by atoms with Gasteiger partial charge in [0.1, 0.15) is 0 Å². The molecule has 1 aromatic carbocycles. The third kappa shape index (κ3) is 3.85. The fourth-order valence-electron chi connectivity index (χ4n) is 4.94. The minimum Gasteiger partial charge on any atom is -0.494 e. The molecule has 1 aliphatic carbocycles. The second-order valence-electron chi connectivity index (χ2n) is 7.96. The first-order chi connectivity index (χ1) is 13.5. The standard InChI is InChI=1S/C20H26Cl2N2O4/c1-27-19-15(21)6-12(7-16(19)22)20(26)24-10-13-8-17(18(25)9-14(13)11-24)23-2-4-28-5-3-23/h6-7,13-14,17-18,25H,2-5,8-11H2,1H3/t13-,14+,17-,18-/m1/s1. The summed E-state index contributed by atoms with van der Waals surface area (Å²) in [4.78, 5) is 17.3. The number of fused-ring (bicyclic) bond motifs is 1. The molecular formula is C20H26Cl2N2O4. The van der Waals surface area contributed by atoms with Crippen molar-refractivity contribution in [2.24, 2.45) is 11.8 Å². The topological polar surface area (TPSA) is 62.2 Å².